The number of urea groups is 1. The van der Waals surface area contributed by atoms with Crippen molar-refractivity contribution in [2.24, 2.45) is 5.92 Å². The zero-order valence-electron chi connectivity index (χ0n) is 15.4. The number of ether oxygens (including phenoxy) is 2. The summed E-state index contributed by atoms with van der Waals surface area (Å²) < 4.78 is 24.2. The SMILES string of the molecule is O=C(NCCN1CCCOC1=O)N1CCC[C@H](COc2ccccc2F)C1. The van der Waals surface area contributed by atoms with Crippen LogP contribution in [0.5, 0.6) is 5.75 Å². The van der Waals surface area contributed by atoms with Crippen molar-refractivity contribution >= 4 is 12.1 Å². The van der Waals surface area contributed by atoms with Crippen molar-refractivity contribution in [3.63, 3.8) is 0 Å². The Bertz CT molecular complexity index is 658. The minimum atomic E-state index is -0.376. The minimum Gasteiger partial charge on any atom is -0.490 e. The molecule has 0 spiro atoms. The van der Waals surface area contributed by atoms with Gasteiger partial charge in [-0.25, -0.2) is 14.0 Å². The fraction of sp³-hybridized carbons (Fsp3) is 0.579. The molecule has 2 fully saturated rings. The van der Waals surface area contributed by atoms with Gasteiger partial charge in [0.25, 0.3) is 0 Å². The number of para-hydroxylation sites is 1. The Balaban J connectivity index is 1.39. The second kappa shape index (κ2) is 9.43. The lowest BCUT2D eigenvalue weighted by atomic mass is 9.99. The molecule has 2 heterocycles. The fourth-order valence-corrected chi connectivity index (χ4v) is 3.37. The number of hydrogen-bond acceptors (Lipinski definition) is 4. The summed E-state index contributed by atoms with van der Waals surface area (Å²) in [7, 11) is 0. The summed E-state index contributed by atoms with van der Waals surface area (Å²) >= 11 is 0. The lowest BCUT2D eigenvalue weighted by molar-refractivity contribution is 0.0730. The highest BCUT2D eigenvalue weighted by molar-refractivity contribution is 5.74. The molecule has 0 aliphatic carbocycles. The molecule has 0 saturated carbocycles. The van der Waals surface area contributed by atoms with Crippen molar-refractivity contribution < 1.29 is 23.5 Å². The van der Waals surface area contributed by atoms with E-state index in [-0.39, 0.29) is 29.6 Å². The maximum Gasteiger partial charge on any atom is 0.409 e. The van der Waals surface area contributed by atoms with E-state index >= 15 is 0 Å². The standard InChI is InChI=1S/C19H26FN3O4/c20-16-6-1-2-7-17(16)27-14-15-5-3-9-23(13-15)18(24)21-8-11-22-10-4-12-26-19(22)25/h1-2,6-7,15H,3-5,8-14H2,(H,21,24)/t15-/m0/s1. The highest BCUT2D eigenvalue weighted by Crippen LogP contribution is 2.20. The van der Waals surface area contributed by atoms with Crippen molar-refractivity contribution in [3.8, 4) is 5.75 Å². The van der Waals surface area contributed by atoms with Crippen LogP contribution in [-0.4, -0.2) is 67.9 Å². The number of cyclic esters (lactones) is 1. The molecular formula is C19H26FN3O4. The Kier molecular flexibility index (Phi) is 6.73. The summed E-state index contributed by atoms with van der Waals surface area (Å²) in [6.45, 7) is 3.60. The number of halogens is 1. The maximum atomic E-state index is 13.6. The van der Waals surface area contributed by atoms with Crippen LogP contribution in [-0.2, 0) is 4.74 Å². The van der Waals surface area contributed by atoms with Crippen molar-refractivity contribution in [2.45, 2.75) is 19.3 Å². The number of benzene rings is 1. The zero-order valence-corrected chi connectivity index (χ0v) is 15.4. The van der Waals surface area contributed by atoms with Crippen molar-refractivity contribution in [1.29, 1.82) is 0 Å². The Morgan fingerprint density at radius 2 is 2.15 bits per heavy atom. The first-order valence-electron chi connectivity index (χ1n) is 9.45. The van der Waals surface area contributed by atoms with Crippen LogP contribution in [0, 0.1) is 11.7 Å². The quantitative estimate of drug-likeness (QED) is 0.824. The number of amides is 3. The Hall–Kier alpha value is -2.51. The molecule has 3 rings (SSSR count). The van der Waals surface area contributed by atoms with Gasteiger partial charge in [-0.05, 0) is 31.4 Å². The summed E-state index contributed by atoms with van der Waals surface area (Å²) in [6, 6.07) is 6.19. The Morgan fingerprint density at radius 1 is 1.30 bits per heavy atom. The molecule has 3 amide bonds. The molecule has 1 N–H and O–H groups in total. The van der Waals surface area contributed by atoms with Crippen LogP contribution in [0.25, 0.3) is 0 Å². The summed E-state index contributed by atoms with van der Waals surface area (Å²) in [5, 5.41) is 2.86. The van der Waals surface area contributed by atoms with Gasteiger partial charge in [0.05, 0.1) is 13.2 Å². The number of carbonyl (C=O) groups is 2. The molecule has 1 atom stereocenters. The molecular weight excluding hydrogens is 353 g/mol. The normalized spacial score (nSPS) is 20.2. The first kappa shape index (κ1) is 19.3. The van der Waals surface area contributed by atoms with E-state index in [0.29, 0.717) is 45.9 Å². The van der Waals surface area contributed by atoms with Gasteiger partial charge in [0, 0.05) is 38.6 Å². The number of likely N-dealkylation sites (tertiary alicyclic amines) is 1. The van der Waals surface area contributed by atoms with E-state index in [4.69, 9.17) is 9.47 Å². The first-order chi connectivity index (χ1) is 13.1. The van der Waals surface area contributed by atoms with Gasteiger partial charge < -0.3 is 24.6 Å². The lowest BCUT2D eigenvalue weighted by Gasteiger charge is -2.33. The highest BCUT2D eigenvalue weighted by Gasteiger charge is 2.25. The molecule has 2 aliphatic heterocycles. The van der Waals surface area contributed by atoms with E-state index in [1.54, 1.807) is 28.0 Å². The summed E-state index contributed by atoms with van der Waals surface area (Å²) in [5.74, 6) is 0.0350. The molecule has 2 saturated heterocycles. The predicted molar refractivity (Wildman–Crippen MR) is 97.1 cm³/mol. The highest BCUT2D eigenvalue weighted by atomic mass is 19.1. The maximum absolute atomic E-state index is 13.6. The first-order valence-corrected chi connectivity index (χ1v) is 9.45. The molecule has 148 valence electrons. The number of piperidine rings is 1. The van der Waals surface area contributed by atoms with Crippen LogP contribution >= 0.6 is 0 Å². The summed E-state index contributed by atoms with van der Waals surface area (Å²) in [5.41, 5.74) is 0. The van der Waals surface area contributed by atoms with E-state index in [1.165, 1.54) is 6.07 Å². The van der Waals surface area contributed by atoms with Crippen LogP contribution in [0.15, 0.2) is 24.3 Å². The van der Waals surface area contributed by atoms with E-state index in [2.05, 4.69) is 5.32 Å². The molecule has 0 unspecified atom stereocenters. The molecule has 0 aromatic heterocycles. The van der Waals surface area contributed by atoms with Gasteiger partial charge in [-0.1, -0.05) is 12.1 Å². The number of rotatable bonds is 6. The topological polar surface area (TPSA) is 71.1 Å². The average Bonchev–Trinajstić information content (AvgIpc) is 2.69. The second-order valence-electron chi connectivity index (χ2n) is 6.88. The number of carbonyl (C=O) groups excluding carboxylic acids is 2. The van der Waals surface area contributed by atoms with Gasteiger partial charge in [-0.3, -0.25) is 0 Å². The molecule has 0 radical (unpaired) electrons. The van der Waals surface area contributed by atoms with Crippen LogP contribution in [0.2, 0.25) is 0 Å². The van der Waals surface area contributed by atoms with Crippen LogP contribution in [0.1, 0.15) is 19.3 Å². The molecule has 8 heteroatoms. The molecule has 2 aliphatic rings. The van der Waals surface area contributed by atoms with E-state index in [0.717, 1.165) is 19.3 Å². The van der Waals surface area contributed by atoms with Crippen molar-refractivity contribution in [1.82, 2.24) is 15.1 Å². The number of nitrogens with one attached hydrogen (secondary N) is 1. The predicted octanol–water partition coefficient (Wildman–Crippen LogP) is 2.47. The third kappa shape index (κ3) is 5.48. The van der Waals surface area contributed by atoms with E-state index in [1.807, 2.05) is 0 Å². The largest absolute Gasteiger partial charge is 0.490 e. The van der Waals surface area contributed by atoms with E-state index < -0.39 is 0 Å². The summed E-state index contributed by atoms with van der Waals surface area (Å²) in [4.78, 5) is 27.3. The smallest absolute Gasteiger partial charge is 0.409 e. The monoisotopic (exact) mass is 379 g/mol. The fourth-order valence-electron chi connectivity index (χ4n) is 3.37. The van der Waals surface area contributed by atoms with Gasteiger partial charge in [-0.2, -0.15) is 0 Å². The third-order valence-electron chi connectivity index (χ3n) is 4.83. The van der Waals surface area contributed by atoms with Crippen molar-refractivity contribution in [2.75, 3.05) is 45.9 Å². The molecule has 7 nitrogen and oxygen atoms in total. The lowest BCUT2D eigenvalue weighted by Crippen LogP contribution is -2.49. The van der Waals surface area contributed by atoms with Gasteiger partial charge in [0.2, 0.25) is 0 Å². The molecule has 1 aromatic rings. The molecule has 1 aromatic carbocycles. The number of nitrogens with zero attached hydrogens (tertiary/aromatic N) is 2. The van der Waals surface area contributed by atoms with Gasteiger partial charge >= 0.3 is 12.1 Å². The third-order valence-corrected chi connectivity index (χ3v) is 4.83. The Labute approximate surface area is 158 Å². The second-order valence-corrected chi connectivity index (χ2v) is 6.88. The van der Waals surface area contributed by atoms with Crippen LogP contribution in [0.4, 0.5) is 14.0 Å². The number of hydrogen-bond donors (Lipinski definition) is 1. The van der Waals surface area contributed by atoms with E-state index in [9.17, 15) is 14.0 Å². The van der Waals surface area contributed by atoms with Crippen molar-refractivity contribution in [3.05, 3.63) is 30.1 Å². The van der Waals surface area contributed by atoms with Crippen LogP contribution in [0.3, 0.4) is 0 Å². The van der Waals surface area contributed by atoms with Gasteiger partial charge in [0.15, 0.2) is 11.6 Å². The summed E-state index contributed by atoms with van der Waals surface area (Å²) in [6.07, 6.45) is 2.32. The minimum absolute atomic E-state index is 0.143. The Morgan fingerprint density at radius 3 is 2.96 bits per heavy atom. The van der Waals surface area contributed by atoms with Gasteiger partial charge in [0.1, 0.15) is 0 Å². The van der Waals surface area contributed by atoms with Crippen LogP contribution < -0.4 is 10.1 Å². The zero-order chi connectivity index (χ0) is 19.1. The average molecular weight is 379 g/mol. The van der Waals surface area contributed by atoms with Gasteiger partial charge in [-0.15, -0.1) is 0 Å². The molecule has 0 bridgehead atoms. The molecule has 27 heavy (non-hydrogen) atoms.